The lowest BCUT2D eigenvalue weighted by molar-refractivity contribution is -0.0247. The summed E-state index contributed by atoms with van der Waals surface area (Å²) < 4.78 is 53.3. The first-order valence-electron chi connectivity index (χ1n) is 5.50. The largest absolute Gasteiger partial charge is 0.679 e. The fourth-order valence-electron chi connectivity index (χ4n) is 0.957. The molecule has 10 heteroatoms. The van der Waals surface area contributed by atoms with E-state index in [0.717, 1.165) is 0 Å². The molecule has 0 bridgehead atoms. The summed E-state index contributed by atoms with van der Waals surface area (Å²) in [7, 11) is -7.46. The van der Waals surface area contributed by atoms with E-state index >= 15 is 0 Å². The highest BCUT2D eigenvalue weighted by Gasteiger charge is 2.44. The van der Waals surface area contributed by atoms with E-state index in [-0.39, 0.29) is 0 Å². The average molecular weight is 306 g/mol. The molecule has 0 fully saturated rings. The maximum absolute atomic E-state index is 8.74. The van der Waals surface area contributed by atoms with E-state index in [2.05, 4.69) is 0 Å². The highest BCUT2D eigenvalue weighted by atomic mass is 32.3. The second kappa shape index (κ2) is 10.8. The van der Waals surface area contributed by atoms with Crippen LogP contribution >= 0.6 is 0 Å². The highest BCUT2D eigenvalue weighted by molar-refractivity contribution is 7.79. The van der Waals surface area contributed by atoms with Gasteiger partial charge in [0.15, 0.2) is 0 Å². The van der Waals surface area contributed by atoms with Crippen molar-refractivity contribution >= 4 is 19.4 Å². The molecule has 0 aromatic rings. The van der Waals surface area contributed by atoms with Crippen molar-refractivity contribution in [1.29, 1.82) is 0 Å². The van der Waals surface area contributed by atoms with Crippen molar-refractivity contribution in [2.24, 2.45) is 0 Å². The molecule has 0 spiro atoms. The maximum Gasteiger partial charge on any atom is 0.679 e. The Labute approximate surface area is 109 Å². The van der Waals surface area contributed by atoms with E-state index in [1.807, 2.05) is 27.7 Å². The van der Waals surface area contributed by atoms with Crippen LogP contribution in [0.3, 0.4) is 0 Å². The summed E-state index contributed by atoms with van der Waals surface area (Å²) >= 11 is 0. The zero-order valence-electron chi connectivity index (χ0n) is 11.1. The zero-order valence-corrected chi connectivity index (χ0v) is 12.9. The lowest BCUT2D eigenvalue weighted by Crippen LogP contribution is -2.49. The van der Waals surface area contributed by atoms with Crippen molar-refractivity contribution in [2.45, 2.75) is 27.7 Å². The van der Waals surface area contributed by atoms with Crippen molar-refractivity contribution in [2.75, 3.05) is 26.4 Å². The predicted octanol–water partition coefficient (Wildman–Crippen LogP) is 0.915. The second-order valence-electron chi connectivity index (χ2n) is 2.68. The monoisotopic (exact) mass is 306 g/mol. The third kappa shape index (κ3) is 14.0. The summed E-state index contributed by atoms with van der Waals surface area (Å²) in [5.74, 6) is 0. The van der Waals surface area contributed by atoms with Gasteiger partial charge in [-0.2, -0.15) is 8.42 Å². The molecule has 0 aromatic carbocycles. The molecule has 0 saturated carbocycles. The van der Waals surface area contributed by atoms with Gasteiger partial charge in [0.05, 0.1) is 0 Å². The number of hydrogen-bond donors (Lipinski definition) is 2. The molecule has 0 saturated heterocycles. The van der Waals surface area contributed by atoms with Crippen molar-refractivity contribution in [3.63, 3.8) is 0 Å². The highest BCUT2D eigenvalue weighted by Crippen LogP contribution is 2.11. The third-order valence-corrected chi connectivity index (χ3v) is 3.85. The molecule has 0 amide bonds. The van der Waals surface area contributed by atoms with Crippen LogP contribution in [0.25, 0.3) is 0 Å². The molecule has 0 aliphatic heterocycles. The Balaban J connectivity index is 0. The summed E-state index contributed by atoms with van der Waals surface area (Å²) in [6, 6.07) is 0. The van der Waals surface area contributed by atoms with Crippen LogP contribution in [-0.4, -0.2) is 53.0 Å². The Morgan fingerprint density at radius 1 is 0.778 bits per heavy atom. The van der Waals surface area contributed by atoms with Gasteiger partial charge in [0, 0.05) is 26.4 Å². The molecule has 0 heterocycles. The first-order chi connectivity index (χ1) is 8.24. The first kappa shape index (κ1) is 20.2. The van der Waals surface area contributed by atoms with Crippen LogP contribution in [0.15, 0.2) is 0 Å². The summed E-state index contributed by atoms with van der Waals surface area (Å²) in [6.07, 6.45) is 0. The van der Waals surface area contributed by atoms with Crippen LogP contribution in [0.4, 0.5) is 0 Å². The van der Waals surface area contributed by atoms with Gasteiger partial charge < -0.3 is 17.7 Å². The molecule has 0 unspecified atom stereocenters. The SMILES string of the molecule is CCO[Si](OCC)(OCC)OCC.O=S(=O)(O)O. The molecule has 0 radical (unpaired) electrons. The van der Waals surface area contributed by atoms with Crippen molar-refractivity contribution in [3.8, 4) is 0 Å². The predicted molar refractivity (Wildman–Crippen MR) is 66.4 cm³/mol. The Morgan fingerprint density at radius 2 is 0.944 bits per heavy atom. The number of rotatable bonds is 8. The normalized spacial score (nSPS) is 11.9. The van der Waals surface area contributed by atoms with Gasteiger partial charge in [0.25, 0.3) is 0 Å². The Morgan fingerprint density at radius 3 is 1.06 bits per heavy atom. The minimum Gasteiger partial charge on any atom is -0.351 e. The van der Waals surface area contributed by atoms with Crippen LogP contribution in [0, 0.1) is 0 Å². The van der Waals surface area contributed by atoms with E-state index in [0.29, 0.717) is 26.4 Å². The van der Waals surface area contributed by atoms with Crippen LogP contribution in [0.5, 0.6) is 0 Å². The lowest BCUT2D eigenvalue weighted by Gasteiger charge is -2.26. The van der Waals surface area contributed by atoms with E-state index in [1.54, 1.807) is 0 Å². The zero-order chi connectivity index (χ0) is 14.7. The molecule has 0 atom stereocenters. The van der Waals surface area contributed by atoms with E-state index in [4.69, 9.17) is 35.2 Å². The lowest BCUT2D eigenvalue weighted by atomic mass is 10.9. The molecule has 112 valence electrons. The smallest absolute Gasteiger partial charge is 0.351 e. The second-order valence-corrected chi connectivity index (χ2v) is 5.73. The summed E-state index contributed by atoms with van der Waals surface area (Å²) in [6.45, 7) is 9.80. The molecule has 0 rings (SSSR count). The van der Waals surface area contributed by atoms with E-state index in [1.165, 1.54) is 0 Å². The van der Waals surface area contributed by atoms with Gasteiger partial charge in [-0.3, -0.25) is 9.11 Å². The van der Waals surface area contributed by atoms with Crippen molar-refractivity contribution < 1.29 is 35.2 Å². The molecule has 0 aliphatic rings. The van der Waals surface area contributed by atoms with Gasteiger partial charge in [0.1, 0.15) is 0 Å². The molecule has 8 nitrogen and oxygen atoms in total. The summed E-state index contributed by atoms with van der Waals surface area (Å²) in [5.41, 5.74) is 0. The molecular weight excluding hydrogens is 284 g/mol. The van der Waals surface area contributed by atoms with E-state index in [9.17, 15) is 0 Å². The quantitative estimate of drug-likeness (QED) is 0.503. The standard InChI is InChI=1S/C8H20O4Si.H2O4S/c1-5-9-13(10-6-2,11-7-3)12-8-4;1-5(2,3)4/h5-8H2,1-4H3;(H2,1,2,3,4). The topological polar surface area (TPSA) is 112 Å². The molecule has 0 aromatic heterocycles. The minimum atomic E-state index is -4.67. The average Bonchev–Trinajstić information content (AvgIpc) is 2.16. The molecule has 18 heavy (non-hydrogen) atoms. The van der Waals surface area contributed by atoms with Gasteiger partial charge in [-0.25, -0.2) is 0 Å². The third-order valence-electron chi connectivity index (χ3n) is 1.28. The van der Waals surface area contributed by atoms with E-state index < -0.39 is 19.4 Å². The van der Waals surface area contributed by atoms with Gasteiger partial charge in [-0.05, 0) is 27.7 Å². The molecule has 0 aliphatic carbocycles. The Bertz CT molecular complexity index is 243. The van der Waals surface area contributed by atoms with Gasteiger partial charge in [0.2, 0.25) is 0 Å². The summed E-state index contributed by atoms with van der Waals surface area (Å²) in [5, 5.41) is 0. The summed E-state index contributed by atoms with van der Waals surface area (Å²) in [4.78, 5) is 0. The Hall–Kier alpha value is -0.0731. The van der Waals surface area contributed by atoms with Crippen molar-refractivity contribution in [3.05, 3.63) is 0 Å². The fourth-order valence-corrected chi connectivity index (χ4v) is 2.87. The maximum atomic E-state index is 8.74. The van der Waals surface area contributed by atoms with Crippen LogP contribution in [-0.2, 0) is 28.1 Å². The minimum absolute atomic E-state index is 0.548. The fraction of sp³-hybridized carbons (Fsp3) is 1.00. The van der Waals surface area contributed by atoms with Gasteiger partial charge >= 0.3 is 19.4 Å². The number of hydrogen-bond acceptors (Lipinski definition) is 6. The first-order valence-corrected chi connectivity index (χ1v) is 8.53. The van der Waals surface area contributed by atoms with Crippen LogP contribution in [0.2, 0.25) is 0 Å². The van der Waals surface area contributed by atoms with Crippen LogP contribution < -0.4 is 0 Å². The van der Waals surface area contributed by atoms with Gasteiger partial charge in [-0.1, -0.05) is 0 Å². The van der Waals surface area contributed by atoms with Gasteiger partial charge in [-0.15, -0.1) is 0 Å². The van der Waals surface area contributed by atoms with Crippen molar-refractivity contribution in [1.82, 2.24) is 0 Å². The molecular formula is C8H22O8SSi. The Kier molecular flexibility index (Phi) is 12.2. The molecule has 2 N–H and O–H groups in total. The van der Waals surface area contributed by atoms with Crippen LogP contribution in [0.1, 0.15) is 27.7 Å².